The topological polar surface area (TPSA) is 40.0 Å². The maximum atomic E-state index is 8.96. The smallest absolute Gasteiger partial charge is 0.320 e. The number of pyridine rings is 1. The molecule has 0 N–H and O–H groups in total. The summed E-state index contributed by atoms with van der Waals surface area (Å²) in [5, 5.41) is 1.79. The summed E-state index contributed by atoms with van der Waals surface area (Å²) in [5.74, 6) is 5.82. The van der Waals surface area contributed by atoms with Gasteiger partial charge < -0.3 is 28.7 Å². The van der Waals surface area contributed by atoms with Crippen molar-refractivity contribution >= 4 is 63.5 Å². The Balaban J connectivity index is 0.00000785. The first-order chi connectivity index (χ1) is 42.3. The van der Waals surface area contributed by atoms with Gasteiger partial charge in [0.05, 0.1) is 0 Å². The van der Waals surface area contributed by atoms with Gasteiger partial charge in [-0.2, -0.15) is 12.7 Å². The third kappa shape index (κ3) is 10.4. The van der Waals surface area contributed by atoms with Gasteiger partial charge in [-0.1, -0.05) is 185 Å². The molecule has 10 heteroatoms. The van der Waals surface area contributed by atoms with Crippen LogP contribution >= 0.6 is 0 Å². The van der Waals surface area contributed by atoms with Crippen molar-refractivity contribution in [3.05, 3.63) is 276 Å². The Bertz CT molecular complexity index is 4310. The predicted octanol–water partition coefficient (Wildman–Crippen LogP) is 17.8. The third-order valence-electron chi connectivity index (χ3n) is 16.8. The molecule has 5 aliphatic heterocycles. The Morgan fingerprint density at radius 3 is 1.82 bits per heavy atom. The van der Waals surface area contributed by atoms with E-state index >= 15 is 0 Å². The third-order valence-corrected chi connectivity index (χ3v) is 16.8. The molecule has 0 unspecified atom stereocenters. The molecule has 84 heavy (non-hydrogen) atoms. The van der Waals surface area contributed by atoms with Crippen molar-refractivity contribution in [2.45, 2.75) is 104 Å². The molecule has 2 aromatic heterocycles. The van der Waals surface area contributed by atoms with Crippen LogP contribution in [0.25, 0.3) is 38.6 Å². The molecule has 13 rings (SSSR count). The number of rotatable bonds is 10. The van der Waals surface area contributed by atoms with Gasteiger partial charge in [0.1, 0.15) is 5.82 Å². The van der Waals surface area contributed by atoms with Crippen LogP contribution in [0, 0.1) is 18.8 Å². The van der Waals surface area contributed by atoms with Crippen LogP contribution < -0.4 is 14.5 Å². The second-order valence-corrected chi connectivity index (χ2v) is 25.5. The van der Waals surface area contributed by atoms with Gasteiger partial charge in [-0.05, 0) is 151 Å². The zero-order valence-electron chi connectivity index (χ0n) is 55.1. The predicted molar refractivity (Wildman–Crippen MR) is 349 cm³/mol. The summed E-state index contributed by atoms with van der Waals surface area (Å²) < 4.78 is 62.7. The maximum Gasteiger partial charge on any atom is 0.320 e. The Morgan fingerprint density at radius 2 is 1.18 bits per heavy atom. The fraction of sp³-hybridized carbons (Fsp3) is 0.216. The van der Waals surface area contributed by atoms with E-state index < -0.39 is 19.1 Å². The summed E-state index contributed by atoms with van der Waals surface area (Å²) in [7, 11) is 0. The minimum Gasteiger partial charge on any atom is -0.509 e. The number of ether oxygens (including phenoxy) is 1. The Labute approximate surface area is 521 Å². The van der Waals surface area contributed by atoms with Crippen molar-refractivity contribution in [3.8, 4) is 17.3 Å². The molecule has 6 aromatic carbocycles. The minimum absolute atomic E-state index is 0. The van der Waals surface area contributed by atoms with Crippen LogP contribution in [0.2, 0.25) is 0 Å². The number of benzene rings is 6. The number of nitrogens with zero attached hydrogens (tertiary/aromatic N) is 6. The number of fused-ring (bicyclic) bond motifs is 6. The van der Waals surface area contributed by atoms with E-state index in [2.05, 4.69) is 247 Å². The van der Waals surface area contributed by atoms with E-state index in [-0.39, 0.29) is 62.1 Å². The molecule has 0 bridgehead atoms. The summed E-state index contributed by atoms with van der Waals surface area (Å²) in [6.07, 6.45) is 27.5. The summed E-state index contributed by atoms with van der Waals surface area (Å²) in [6, 6.07) is 46.7. The van der Waals surface area contributed by atoms with Crippen LogP contribution in [0.5, 0.6) is 11.5 Å². The number of hydrogen-bond donors (Lipinski definition) is 0. The molecule has 0 saturated heterocycles. The second-order valence-electron chi connectivity index (χ2n) is 25.5. The average Bonchev–Trinajstić information content (AvgIpc) is 1.05. The molecular weight excluding hydrogens is 1210 g/mol. The molecule has 422 valence electrons. The van der Waals surface area contributed by atoms with E-state index in [1.807, 2.05) is 22.8 Å². The molecule has 0 radical (unpaired) electrons. The van der Waals surface area contributed by atoms with E-state index in [0.717, 1.165) is 44.5 Å². The largest absolute Gasteiger partial charge is 0.509 e. The number of allylic oxidation sites excluding steroid dienone is 8. The van der Waals surface area contributed by atoms with Gasteiger partial charge in [0.2, 0.25) is 0 Å². The SMILES string of the molecule is [2H]C([2H])([2H])C(c1ccccc1)(c1ccnc(-n2c3[c-]c(Oc4[c-]c(N5[CH-]N(Cc6c(C7=CC=CN8C=CC=CB78)cc(C(C)(C)C)cc6C6=CC=CN7C=CC=CB67)c6ccccc65)cc(C(C)(C)C)c4)ccc3c3cc(C(C)(C)C)ccc32)c1)C([2H])([2H])[2H].[Pt]. The van der Waals surface area contributed by atoms with Crippen molar-refractivity contribution < 1.29 is 34.0 Å². The van der Waals surface area contributed by atoms with E-state index in [4.69, 9.17) is 17.9 Å². The first-order valence-corrected chi connectivity index (χ1v) is 28.8. The van der Waals surface area contributed by atoms with Crippen molar-refractivity contribution in [3.63, 3.8) is 0 Å². The van der Waals surface area contributed by atoms with Gasteiger partial charge in [0, 0.05) is 75.8 Å². The summed E-state index contributed by atoms with van der Waals surface area (Å²) in [5.41, 5.74) is 11.0. The fourth-order valence-corrected chi connectivity index (χ4v) is 12.1. The van der Waals surface area contributed by atoms with Gasteiger partial charge in [-0.25, -0.2) is 4.98 Å². The van der Waals surface area contributed by atoms with Gasteiger partial charge in [0.25, 0.3) is 0 Å². The Hall–Kier alpha value is -7.99. The van der Waals surface area contributed by atoms with Crippen molar-refractivity contribution in [1.29, 1.82) is 0 Å². The quantitative estimate of drug-likeness (QED) is 0.100. The van der Waals surface area contributed by atoms with Crippen LogP contribution in [0.1, 0.15) is 129 Å². The molecule has 0 spiro atoms. The zero-order chi connectivity index (χ0) is 62.6. The summed E-state index contributed by atoms with van der Waals surface area (Å²) >= 11 is 0. The molecule has 0 fully saturated rings. The molecular formula is C74H71B2N6OPt-3. The first kappa shape index (κ1) is 49.4. The Kier molecular flexibility index (Phi) is 12.7. The van der Waals surface area contributed by atoms with E-state index in [1.165, 1.54) is 45.5 Å². The molecule has 8 aromatic rings. The molecule has 5 aliphatic rings. The normalized spacial score (nSPS) is 17.0. The first-order valence-electron chi connectivity index (χ1n) is 31.8. The molecule has 0 amide bonds. The van der Waals surface area contributed by atoms with Gasteiger partial charge in [-0.3, -0.25) is 0 Å². The zero-order valence-corrected chi connectivity index (χ0v) is 51.3. The van der Waals surface area contributed by atoms with Crippen LogP contribution in [0.3, 0.4) is 0 Å². The number of anilines is 3. The molecule has 0 saturated carbocycles. The standard InChI is InChI=1S/C74H71B2N6O.Pt/c1-71(2,3)52-29-32-66-62(43-52)59-31-30-57(48-69(59)82(66)70-46-53(33-36-77-70)74(10,11)51-23-13-12-14-24-51)83-58-42-54(72(4,5)6)41-56(47-58)81-50-78(67-27-15-16-28-68(67)81)49-63-60(64-25-21-39-79-37-19-17-34-75(64)79)44-55(73(7,8)9)45-61(63)65-26-22-40-80-38-20-18-35-76(65)80;/h12-46,50H,49H2,1-11H3;/q-3;/i10D3,11D3;. The van der Waals surface area contributed by atoms with Gasteiger partial charge in [0.15, 0.2) is 0 Å². The van der Waals surface area contributed by atoms with Crippen LogP contribution in [-0.4, -0.2) is 32.9 Å². The summed E-state index contributed by atoms with van der Waals surface area (Å²) in [4.78, 5) is 14.1. The van der Waals surface area contributed by atoms with Crippen molar-refractivity contribution in [2.75, 3.05) is 9.80 Å². The van der Waals surface area contributed by atoms with E-state index in [1.54, 1.807) is 36.4 Å². The fourth-order valence-electron chi connectivity index (χ4n) is 12.1. The van der Waals surface area contributed by atoms with Crippen LogP contribution in [-0.2, 0) is 49.3 Å². The molecule has 0 atom stereocenters. The molecule has 0 aliphatic carbocycles. The molecule has 7 nitrogen and oxygen atoms in total. The monoisotopic (exact) mass is 1280 g/mol. The molecule has 7 heterocycles. The number of hydrogen-bond acceptors (Lipinski definition) is 6. The maximum absolute atomic E-state index is 8.96. The minimum atomic E-state index is -2.99. The van der Waals surface area contributed by atoms with E-state index in [0.29, 0.717) is 29.4 Å². The van der Waals surface area contributed by atoms with E-state index in [9.17, 15) is 0 Å². The number of aromatic nitrogens is 2. The van der Waals surface area contributed by atoms with Gasteiger partial charge >= 0.3 is 13.7 Å². The van der Waals surface area contributed by atoms with Crippen molar-refractivity contribution in [1.82, 2.24) is 19.2 Å². The summed E-state index contributed by atoms with van der Waals surface area (Å²) in [6.45, 7) is 16.9. The Morgan fingerprint density at radius 1 is 0.560 bits per heavy atom. The van der Waals surface area contributed by atoms with Crippen LogP contribution in [0.4, 0.5) is 17.1 Å². The van der Waals surface area contributed by atoms with Gasteiger partial charge in [-0.15, -0.1) is 47.0 Å². The second kappa shape index (κ2) is 21.6. The van der Waals surface area contributed by atoms with Crippen molar-refractivity contribution in [2.24, 2.45) is 0 Å². The van der Waals surface area contributed by atoms with Crippen LogP contribution in [0.15, 0.2) is 213 Å². The average molecular weight is 1280 g/mol. The number of para-hydroxylation sites is 2.